The highest BCUT2D eigenvalue weighted by molar-refractivity contribution is 9.10. The summed E-state index contributed by atoms with van der Waals surface area (Å²) in [6.07, 6.45) is 4.06. The first kappa shape index (κ1) is 12.5. The Kier molecular flexibility index (Phi) is 4.54. The van der Waals surface area contributed by atoms with Gasteiger partial charge in [-0.25, -0.2) is 0 Å². The molecule has 0 fully saturated rings. The van der Waals surface area contributed by atoms with Crippen LogP contribution in [0.25, 0.3) is 0 Å². The lowest BCUT2D eigenvalue weighted by Crippen LogP contribution is -2.01. The van der Waals surface area contributed by atoms with Crippen LogP contribution in [0.15, 0.2) is 16.1 Å². The number of aromatic nitrogens is 2. The number of hydrogen-bond donors (Lipinski definition) is 1. The highest BCUT2D eigenvalue weighted by Gasteiger charge is 2.10. The van der Waals surface area contributed by atoms with Gasteiger partial charge < -0.3 is 5.73 Å². The molecule has 0 aliphatic heterocycles. The third-order valence-corrected chi connectivity index (χ3v) is 3.40. The molecular weight excluding hydrogens is 254 g/mol. The van der Waals surface area contributed by atoms with E-state index in [1.165, 1.54) is 11.3 Å². The minimum absolute atomic E-state index is 0.711. The molecule has 0 saturated carbocycles. The first-order chi connectivity index (χ1) is 7.06. The van der Waals surface area contributed by atoms with Crippen molar-refractivity contribution in [3.05, 3.63) is 27.5 Å². The van der Waals surface area contributed by atoms with Gasteiger partial charge in [-0.3, -0.25) is 4.68 Å². The van der Waals surface area contributed by atoms with E-state index < -0.39 is 0 Å². The SMILES string of the molecule is CC(=CCCN)Cc1c(Br)c(C)nn1C. The summed E-state index contributed by atoms with van der Waals surface area (Å²) in [6, 6.07) is 0. The molecule has 0 unspecified atom stereocenters. The summed E-state index contributed by atoms with van der Waals surface area (Å²) in [6.45, 7) is 4.85. The van der Waals surface area contributed by atoms with Gasteiger partial charge in [-0.15, -0.1) is 0 Å². The van der Waals surface area contributed by atoms with Crippen LogP contribution in [0.4, 0.5) is 0 Å². The Morgan fingerprint density at radius 3 is 2.73 bits per heavy atom. The second-order valence-corrected chi connectivity index (χ2v) is 4.57. The summed E-state index contributed by atoms with van der Waals surface area (Å²) in [5, 5.41) is 4.36. The molecule has 0 aromatic carbocycles. The van der Waals surface area contributed by atoms with Crippen LogP contribution < -0.4 is 5.73 Å². The average molecular weight is 272 g/mol. The molecule has 0 atom stereocenters. The average Bonchev–Trinajstić information content (AvgIpc) is 2.42. The largest absolute Gasteiger partial charge is 0.330 e. The maximum Gasteiger partial charge on any atom is 0.0738 e. The molecule has 1 aromatic rings. The molecule has 0 radical (unpaired) electrons. The topological polar surface area (TPSA) is 43.8 Å². The van der Waals surface area contributed by atoms with E-state index in [0.717, 1.165) is 23.0 Å². The predicted molar refractivity (Wildman–Crippen MR) is 66.8 cm³/mol. The smallest absolute Gasteiger partial charge is 0.0738 e. The van der Waals surface area contributed by atoms with Crippen LogP contribution in [0, 0.1) is 6.92 Å². The van der Waals surface area contributed by atoms with E-state index in [-0.39, 0.29) is 0 Å². The molecular formula is C11H18BrN3. The molecule has 84 valence electrons. The summed E-state index contributed by atoms with van der Waals surface area (Å²) in [4.78, 5) is 0. The molecule has 1 aromatic heterocycles. The van der Waals surface area contributed by atoms with E-state index in [4.69, 9.17) is 5.73 Å². The molecule has 0 aliphatic carbocycles. The van der Waals surface area contributed by atoms with Gasteiger partial charge in [-0.05, 0) is 42.7 Å². The number of nitrogens with zero attached hydrogens (tertiary/aromatic N) is 2. The quantitative estimate of drug-likeness (QED) is 0.855. The van der Waals surface area contributed by atoms with Crippen molar-refractivity contribution >= 4 is 15.9 Å². The summed E-state index contributed by atoms with van der Waals surface area (Å²) in [7, 11) is 1.98. The van der Waals surface area contributed by atoms with Crippen molar-refractivity contribution in [1.82, 2.24) is 9.78 Å². The van der Waals surface area contributed by atoms with Crippen molar-refractivity contribution in [2.45, 2.75) is 26.7 Å². The Balaban J connectivity index is 2.80. The monoisotopic (exact) mass is 271 g/mol. The van der Waals surface area contributed by atoms with Gasteiger partial charge in [-0.1, -0.05) is 11.6 Å². The van der Waals surface area contributed by atoms with Crippen molar-refractivity contribution in [2.24, 2.45) is 12.8 Å². The zero-order valence-corrected chi connectivity index (χ0v) is 11.1. The van der Waals surface area contributed by atoms with Crippen LogP contribution in [0.5, 0.6) is 0 Å². The second-order valence-electron chi connectivity index (χ2n) is 3.77. The van der Waals surface area contributed by atoms with Crippen LogP contribution >= 0.6 is 15.9 Å². The molecule has 1 rings (SSSR count). The van der Waals surface area contributed by atoms with E-state index >= 15 is 0 Å². The minimum Gasteiger partial charge on any atom is -0.330 e. The van der Waals surface area contributed by atoms with E-state index in [9.17, 15) is 0 Å². The molecule has 0 amide bonds. The maximum atomic E-state index is 5.46. The number of allylic oxidation sites excluding steroid dienone is 1. The van der Waals surface area contributed by atoms with Crippen molar-refractivity contribution in [2.75, 3.05) is 6.54 Å². The van der Waals surface area contributed by atoms with Crippen molar-refractivity contribution in [1.29, 1.82) is 0 Å². The van der Waals surface area contributed by atoms with Crippen molar-refractivity contribution < 1.29 is 0 Å². The first-order valence-electron chi connectivity index (χ1n) is 5.10. The summed E-state index contributed by atoms with van der Waals surface area (Å²) >= 11 is 3.56. The fraction of sp³-hybridized carbons (Fsp3) is 0.545. The maximum absolute atomic E-state index is 5.46. The third-order valence-electron chi connectivity index (χ3n) is 2.37. The number of aryl methyl sites for hydroxylation is 2. The van der Waals surface area contributed by atoms with Crippen molar-refractivity contribution in [3.8, 4) is 0 Å². The first-order valence-corrected chi connectivity index (χ1v) is 5.89. The minimum atomic E-state index is 0.711. The van der Waals surface area contributed by atoms with Gasteiger partial charge in [0, 0.05) is 13.5 Å². The lowest BCUT2D eigenvalue weighted by molar-refractivity contribution is 0.713. The Hall–Kier alpha value is -0.610. The molecule has 4 heteroatoms. The molecule has 0 bridgehead atoms. The van der Waals surface area contributed by atoms with E-state index in [1.807, 2.05) is 18.7 Å². The standard InChI is InChI=1S/C11H18BrN3/c1-8(5-4-6-13)7-10-11(12)9(2)14-15(10)3/h5H,4,6-7,13H2,1-3H3. The number of hydrogen-bond acceptors (Lipinski definition) is 2. The van der Waals surface area contributed by atoms with E-state index in [0.29, 0.717) is 6.54 Å². The van der Waals surface area contributed by atoms with Crippen LogP contribution in [0.2, 0.25) is 0 Å². The number of halogens is 1. The second kappa shape index (κ2) is 5.47. The lowest BCUT2D eigenvalue weighted by Gasteiger charge is -2.03. The van der Waals surface area contributed by atoms with Gasteiger partial charge in [0.05, 0.1) is 15.9 Å². The third kappa shape index (κ3) is 3.18. The zero-order valence-electron chi connectivity index (χ0n) is 9.55. The number of nitrogens with two attached hydrogens (primary N) is 1. The van der Waals surface area contributed by atoms with Gasteiger partial charge in [0.1, 0.15) is 0 Å². The normalized spacial score (nSPS) is 12.2. The number of rotatable bonds is 4. The molecule has 1 heterocycles. The highest BCUT2D eigenvalue weighted by atomic mass is 79.9. The van der Waals surface area contributed by atoms with E-state index in [1.54, 1.807) is 0 Å². The van der Waals surface area contributed by atoms with Gasteiger partial charge >= 0.3 is 0 Å². The van der Waals surface area contributed by atoms with E-state index in [2.05, 4.69) is 34.0 Å². The molecule has 0 spiro atoms. The molecule has 3 nitrogen and oxygen atoms in total. The molecule has 0 aliphatic rings. The molecule has 15 heavy (non-hydrogen) atoms. The summed E-state index contributed by atoms with van der Waals surface area (Å²) < 4.78 is 3.05. The van der Waals surface area contributed by atoms with Gasteiger partial charge in [-0.2, -0.15) is 5.10 Å². The Labute approximate surface area is 99.5 Å². The molecule has 0 saturated heterocycles. The highest BCUT2D eigenvalue weighted by Crippen LogP contribution is 2.22. The summed E-state index contributed by atoms with van der Waals surface area (Å²) in [5.74, 6) is 0. The van der Waals surface area contributed by atoms with Crippen LogP contribution in [0.3, 0.4) is 0 Å². The van der Waals surface area contributed by atoms with Crippen molar-refractivity contribution in [3.63, 3.8) is 0 Å². The summed E-state index contributed by atoms with van der Waals surface area (Å²) in [5.41, 5.74) is 9.06. The van der Waals surface area contributed by atoms with Crippen LogP contribution in [0.1, 0.15) is 24.7 Å². The zero-order chi connectivity index (χ0) is 11.4. The Morgan fingerprint density at radius 1 is 1.60 bits per heavy atom. The van der Waals surface area contributed by atoms with Crippen LogP contribution in [-0.4, -0.2) is 16.3 Å². The molecule has 2 N–H and O–H groups in total. The Bertz CT molecular complexity index is 366. The van der Waals surface area contributed by atoms with Gasteiger partial charge in [0.25, 0.3) is 0 Å². The van der Waals surface area contributed by atoms with Gasteiger partial charge in [0.15, 0.2) is 0 Å². The Morgan fingerprint density at radius 2 is 2.27 bits per heavy atom. The lowest BCUT2D eigenvalue weighted by atomic mass is 10.1. The van der Waals surface area contributed by atoms with Crippen LogP contribution in [-0.2, 0) is 13.5 Å². The fourth-order valence-electron chi connectivity index (χ4n) is 1.54. The predicted octanol–water partition coefficient (Wildman–Crippen LogP) is 2.33. The fourth-order valence-corrected chi connectivity index (χ4v) is 2.01. The van der Waals surface area contributed by atoms with Gasteiger partial charge in [0.2, 0.25) is 0 Å².